The number of rotatable bonds is 3. The molecule has 2 aromatic rings. The van der Waals surface area contributed by atoms with E-state index in [1.165, 1.54) is 5.01 Å². The Morgan fingerprint density at radius 1 is 1.25 bits per heavy atom. The minimum absolute atomic E-state index is 0.305. The molecule has 1 aliphatic rings. The van der Waals surface area contributed by atoms with Crippen LogP contribution >= 0.6 is 38.5 Å². The monoisotopic (exact) mass is 498 g/mol. The smallest absolute Gasteiger partial charge is 0.276 e. The van der Waals surface area contributed by atoms with Crippen molar-refractivity contribution >= 4 is 50.1 Å². The highest BCUT2D eigenvalue weighted by molar-refractivity contribution is 14.1. The molecule has 1 atom stereocenters. The molecule has 124 valence electrons. The second-order valence-electron chi connectivity index (χ2n) is 5.64. The van der Waals surface area contributed by atoms with Crippen LogP contribution in [-0.4, -0.2) is 21.7 Å². The van der Waals surface area contributed by atoms with Gasteiger partial charge in [0.15, 0.2) is 5.72 Å². The van der Waals surface area contributed by atoms with Crippen LogP contribution in [0.2, 0.25) is 0 Å². The van der Waals surface area contributed by atoms with Crippen molar-refractivity contribution in [1.82, 2.24) is 5.01 Å². The van der Waals surface area contributed by atoms with Gasteiger partial charge in [0.1, 0.15) is 0 Å². The summed E-state index contributed by atoms with van der Waals surface area (Å²) in [5.41, 5.74) is 0.509. The first-order valence-electron chi connectivity index (χ1n) is 7.59. The van der Waals surface area contributed by atoms with Gasteiger partial charge in [0.05, 0.1) is 0 Å². The fraction of sp³-hybridized carbons (Fsp3) is 0.222. The topological polar surface area (TPSA) is 52.9 Å². The number of benzene rings is 2. The summed E-state index contributed by atoms with van der Waals surface area (Å²) in [4.78, 5) is 12.9. The van der Waals surface area contributed by atoms with Gasteiger partial charge in [0.25, 0.3) is 5.91 Å². The Hall–Kier alpha value is -1.25. The van der Waals surface area contributed by atoms with Crippen molar-refractivity contribution < 1.29 is 9.90 Å². The normalized spacial score (nSPS) is 20.2. The van der Waals surface area contributed by atoms with E-state index in [9.17, 15) is 9.90 Å². The van der Waals surface area contributed by atoms with Crippen molar-refractivity contribution in [3.63, 3.8) is 0 Å². The van der Waals surface area contributed by atoms with Crippen LogP contribution in [-0.2, 0) is 5.72 Å². The molecule has 1 amide bonds. The molecular weight excluding hydrogens is 483 g/mol. The molecule has 0 aromatic heterocycles. The number of carbonyl (C=O) groups is 1. The zero-order valence-corrected chi connectivity index (χ0v) is 16.8. The first-order valence-corrected chi connectivity index (χ1v) is 9.46. The number of halogens is 2. The Labute approximate surface area is 162 Å². The number of hydrazone groups is 1. The minimum atomic E-state index is -1.45. The van der Waals surface area contributed by atoms with E-state index in [0.29, 0.717) is 24.0 Å². The molecule has 2 aromatic carbocycles. The maximum Gasteiger partial charge on any atom is 0.276 e. The van der Waals surface area contributed by atoms with E-state index in [2.05, 4.69) is 43.6 Å². The van der Waals surface area contributed by atoms with Crippen LogP contribution in [0.1, 0.15) is 35.7 Å². The highest BCUT2D eigenvalue weighted by Crippen LogP contribution is 2.37. The Morgan fingerprint density at radius 2 is 1.88 bits per heavy atom. The molecule has 3 rings (SSSR count). The zero-order valence-electron chi connectivity index (χ0n) is 13.0. The number of nitrogens with zero attached hydrogens (tertiary/aromatic N) is 2. The Bertz CT molecular complexity index is 790. The molecule has 1 aliphatic heterocycles. The van der Waals surface area contributed by atoms with E-state index in [4.69, 9.17) is 0 Å². The molecule has 0 spiro atoms. The molecule has 4 nitrogen and oxygen atoms in total. The number of hydrogen-bond donors (Lipinski definition) is 1. The predicted molar refractivity (Wildman–Crippen MR) is 106 cm³/mol. The van der Waals surface area contributed by atoms with Gasteiger partial charge in [-0.25, -0.2) is 0 Å². The summed E-state index contributed by atoms with van der Waals surface area (Å²) in [6.07, 6.45) is 1.01. The van der Waals surface area contributed by atoms with E-state index in [-0.39, 0.29) is 5.91 Å². The van der Waals surface area contributed by atoms with Crippen LogP contribution in [0.4, 0.5) is 0 Å². The van der Waals surface area contributed by atoms with Crippen molar-refractivity contribution in [2.75, 3.05) is 0 Å². The zero-order chi connectivity index (χ0) is 17.3. The van der Waals surface area contributed by atoms with Crippen LogP contribution < -0.4 is 0 Å². The van der Waals surface area contributed by atoms with E-state index in [1.54, 1.807) is 12.1 Å². The van der Waals surface area contributed by atoms with E-state index < -0.39 is 5.72 Å². The fourth-order valence-electron chi connectivity index (χ4n) is 2.68. The lowest BCUT2D eigenvalue weighted by Gasteiger charge is -2.31. The second kappa shape index (κ2) is 6.93. The van der Waals surface area contributed by atoms with Gasteiger partial charge in [-0.1, -0.05) is 35.0 Å². The molecule has 0 saturated heterocycles. The first kappa shape index (κ1) is 17.6. The number of hydrogen-bond acceptors (Lipinski definition) is 3. The third kappa shape index (κ3) is 3.27. The Morgan fingerprint density at radius 3 is 2.46 bits per heavy atom. The third-order valence-corrected chi connectivity index (χ3v) is 5.29. The molecule has 6 heteroatoms. The van der Waals surface area contributed by atoms with Crippen molar-refractivity contribution in [2.24, 2.45) is 5.10 Å². The van der Waals surface area contributed by atoms with Crippen molar-refractivity contribution in [3.05, 3.63) is 67.7 Å². The maximum atomic E-state index is 12.9. The lowest BCUT2D eigenvalue weighted by Crippen LogP contribution is -2.43. The molecule has 1 unspecified atom stereocenters. The molecule has 0 saturated carbocycles. The minimum Gasteiger partial charge on any atom is -0.365 e. The van der Waals surface area contributed by atoms with Crippen molar-refractivity contribution in [2.45, 2.75) is 25.5 Å². The summed E-state index contributed by atoms with van der Waals surface area (Å²) in [7, 11) is 0. The molecule has 1 N–H and O–H groups in total. The van der Waals surface area contributed by atoms with Gasteiger partial charge in [-0.3, -0.25) is 4.79 Å². The summed E-state index contributed by atoms with van der Waals surface area (Å²) in [5.74, 6) is -0.305. The second-order valence-corrected chi connectivity index (χ2v) is 7.81. The average Bonchev–Trinajstić information content (AvgIpc) is 2.93. The summed E-state index contributed by atoms with van der Waals surface area (Å²) in [6.45, 7) is 1.97. The maximum absolute atomic E-state index is 12.9. The SMILES string of the molecule is CCC1=NN(C(=O)c2ccc(I)cc2)C(O)(c2ccc(Br)cc2)C1. The molecule has 0 radical (unpaired) electrons. The average molecular weight is 499 g/mol. The van der Waals surface area contributed by atoms with E-state index in [1.807, 2.05) is 43.3 Å². The first-order chi connectivity index (χ1) is 11.4. The van der Waals surface area contributed by atoms with Crippen LogP contribution in [0.15, 0.2) is 58.1 Å². The third-order valence-electron chi connectivity index (χ3n) is 4.04. The predicted octanol–water partition coefficient (Wildman–Crippen LogP) is 4.51. The lowest BCUT2D eigenvalue weighted by atomic mass is 9.96. The van der Waals surface area contributed by atoms with Gasteiger partial charge in [-0.2, -0.15) is 10.1 Å². The van der Waals surface area contributed by atoms with E-state index >= 15 is 0 Å². The standard InChI is InChI=1S/C18H16BrIN2O2/c1-2-16-11-18(24,13-5-7-14(19)8-6-13)22(21-16)17(23)12-3-9-15(20)10-4-12/h3-10,24H,2,11H2,1H3. The quantitative estimate of drug-likeness (QED) is 0.633. The van der Waals surface area contributed by atoms with Crippen molar-refractivity contribution in [3.8, 4) is 0 Å². The number of amides is 1. The van der Waals surface area contributed by atoms with Gasteiger partial charge in [-0.05, 0) is 65.4 Å². The number of aliphatic hydroxyl groups is 1. The van der Waals surface area contributed by atoms with E-state index in [0.717, 1.165) is 13.8 Å². The summed E-state index contributed by atoms with van der Waals surface area (Å²) >= 11 is 5.58. The van der Waals surface area contributed by atoms with Crippen LogP contribution in [0.5, 0.6) is 0 Å². The highest BCUT2D eigenvalue weighted by atomic mass is 127. The molecule has 24 heavy (non-hydrogen) atoms. The van der Waals surface area contributed by atoms with Crippen LogP contribution in [0.3, 0.4) is 0 Å². The molecule has 0 aliphatic carbocycles. The van der Waals surface area contributed by atoms with Gasteiger partial charge in [-0.15, -0.1) is 0 Å². The molecule has 0 bridgehead atoms. The van der Waals surface area contributed by atoms with Gasteiger partial charge >= 0.3 is 0 Å². The molecule has 0 fully saturated rings. The Kier molecular flexibility index (Phi) is 5.08. The molecular formula is C18H16BrIN2O2. The van der Waals surface area contributed by atoms with Crippen LogP contribution in [0.25, 0.3) is 0 Å². The van der Waals surface area contributed by atoms with Crippen LogP contribution in [0, 0.1) is 3.57 Å². The van der Waals surface area contributed by atoms with Gasteiger partial charge in [0.2, 0.25) is 0 Å². The molecule has 1 heterocycles. The lowest BCUT2D eigenvalue weighted by molar-refractivity contribution is -0.0765. The van der Waals surface area contributed by atoms with Gasteiger partial charge < -0.3 is 5.11 Å². The number of carbonyl (C=O) groups excluding carboxylic acids is 1. The fourth-order valence-corrected chi connectivity index (χ4v) is 3.31. The largest absolute Gasteiger partial charge is 0.365 e. The van der Waals surface area contributed by atoms with Crippen molar-refractivity contribution in [1.29, 1.82) is 0 Å². The highest BCUT2D eigenvalue weighted by Gasteiger charge is 2.45. The summed E-state index contributed by atoms with van der Waals surface area (Å²) in [6, 6.07) is 14.6. The summed E-state index contributed by atoms with van der Waals surface area (Å²) < 4.78 is 1.96. The Balaban J connectivity index is 2.01. The van der Waals surface area contributed by atoms with Gasteiger partial charge in [0, 0.05) is 31.3 Å². The summed E-state index contributed by atoms with van der Waals surface area (Å²) in [5, 5.41) is 16.9.